The summed E-state index contributed by atoms with van der Waals surface area (Å²) >= 11 is 2.05. The van der Waals surface area contributed by atoms with Crippen LogP contribution in [-0.2, 0) is 0 Å². The second-order valence-electron chi connectivity index (χ2n) is 4.97. The first kappa shape index (κ1) is 14.6. The lowest BCUT2D eigenvalue weighted by Crippen LogP contribution is -2.36. The zero-order valence-electron chi connectivity index (χ0n) is 11.1. The molecule has 0 amide bonds. The molecule has 0 aliphatic heterocycles. The van der Waals surface area contributed by atoms with Crippen LogP contribution >= 0.6 is 22.6 Å². The number of hydrogen-bond donors (Lipinski definition) is 0. The van der Waals surface area contributed by atoms with Gasteiger partial charge < -0.3 is 4.90 Å². The normalized spacial score (nSPS) is 16.3. The van der Waals surface area contributed by atoms with Crippen LogP contribution in [0.25, 0.3) is 0 Å². The highest BCUT2D eigenvalue weighted by Crippen LogP contribution is 2.31. The number of nitro benzene ring substituents is 1. The molecule has 0 radical (unpaired) electrons. The van der Waals surface area contributed by atoms with Gasteiger partial charge in [0, 0.05) is 24.3 Å². The van der Waals surface area contributed by atoms with Crippen LogP contribution in [0.15, 0.2) is 18.2 Å². The van der Waals surface area contributed by atoms with Crippen molar-refractivity contribution in [1.82, 2.24) is 0 Å². The summed E-state index contributed by atoms with van der Waals surface area (Å²) in [7, 11) is 0. The maximum absolute atomic E-state index is 10.9. The molecule has 1 fully saturated rings. The van der Waals surface area contributed by atoms with Crippen molar-refractivity contribution >= 4 is 34.0 Å². The van der Waals surface area contributed by atoms with Gasteiger partial charge in [-0.05, 0) is 54.5 Å². The van der Waals surface area contributed by atoms with Gasteiger partial charge in [-0.3, -0.25) is 10.1 Å². The minimum Gasteiger partial charge on any atom is -0.369 e. The lowest BCUT2D eigenvalue weighted by atomic mass is 9.94. The average molecular weight is 374 g/mol. The first-order valence-electron chi connectivity index (χ1n) is 6.84. The van der Waals surface area contributed by atoms with Crippen LogP contribution in [0.3, 0.4) is 0 Å². The molecule has 0 atom stereocenters. The van der Waals surface area contributed by atoms with Crippen LogP contribution in [0.2, 0.25) is 0 Å². The number of benzene rings is 1. The maximum atomic E-state index is 10.9. The molecule has 0 saturated heterocycles. The van der Waals surface area contributed by atoms with Crippen molar-refractivity contribution in [3.63, 3.8) is 0 Å². The van der Waals surface area contributed by atoms with E-state index in [1.165, 1.54) is 32.1 Å². The van der Waals surface area contributed by atoms with Crippen molar-refractivity contribution in [1.29, 1.82) is 0 Å². The van der Waals surface area contributed by atoms with E-state index >= 15 is 0 Å². The van der Waals surface area contributed by atoms with Gasteiger partial charge in [0.1, 0.15) is 0 Å². The molecule has 0 heterocycles. The van der Waals surface area contributed by atoms with Crippen molar-refractivity contribution in [3.8, 4) is 0 Å². The summed E-state index contributed by atoms with van der Waals surface area (Å²) in [5.41, 5.74) is 1.31. The first-order chi connectivity index (χ1) is 9.13. The zero-order valence-corrected chi connectivity index (χ0v) is 13.3. The molecule has 1 aliphatic rings. The Kier molecular flexibility index (Phi) is 5.01. The summed E-state index contributed by atoms with van der Waals surface area (Å²) in [5, 5.41) is 10.9. The lowest BCUT2D eigenvalue weighted by molar-refractivity contribution is -0.385. The first-order valence-corrected chi connectivity index (χ1v) is 7.92. The van der Waals surface area contributed by atoms with Crippen LogP contribution in [0.4, 0.5) is 11.4 Å². The molecule has 0 N–H and O–H groups in total. The molecule has 1 aliphatic carbocycles. The Bertz CT molecular complexity index is 459. The van der Waals surface area contributed by atoms with Gasteiger partial charge in [0.15, 0.2) is 0 Å². The second-order valence-corrected chi connectivity index (χ2v) is 6.13. The van der Waals surface area contributed by atoms with Crippen molar-refractivity contribution < 1.29 is 4.92 Å². The van der Waals surface area contributed by atoms with Gasteiger partial charge in [0.2, 0.25) is 0 Å². The zero-order chi connectivity index (χ0) is 13.8. The third kappa shape index (κ3) is 3.38. The highest BCUT2D eigenvalue weighted by molar-refractivity contribution is 14.1. The Morgan fingerprint density at radius 3 is 2.58 bits per heavy atom. The van der Waals surface area contributed by atoms with Crippen LogP contribution < -0.4 is 4.90 Å². The van der Waals surface area contributed by atoms with Crippen molar-refractivity contribution in [3.05, 3.63) is 31.9 Å². The standard InChI is InChI=1S/C14H19IN2O2/c1-2-16(11-6-4-3-5-7-11)12-8-9-14(17(18)19)13(15)10-12/h8-11H,2-7H2,1H3. The van der Waals surface area contributed by atoms with Gasteiger partial charge in [0.05, 0.1) is 8.49 Å². The van der Waals surface area contributed by atoms with Crippen LogP contribution in [-0.4, -0.2) is 17.5 Å². The van der Waals surface area contributed by atoms with E-state index in [-0.39, 0.29) is 10.6 Å². The second kappa shape index (κ2) is 6.54. The van der Waals surface area contributed by atoms with E-state index in [2.05, 4.69) is 34.4 Å². The summed E-state index contributed by atoms with van der Waals surface area (Å²) in [6, 6.07) is 6.05. The summed E-state index contributed by atoms with van der Waals surface area (Å²) in [4.78, 5) is 12.9. The van der Waals surface area contributed by atoms with Crippen molar-refractivity contribution in [2.24, 2.45) is 0 Å². The topological polar surface area (TPSA) is 46.4 Å². The molecular formula is C14H19IN2O2. The number of rotatable bonds is 4. The summed E-state index contributed by atoms with van der Waals surface area (Å²) in [6.07, 6.45) is 6.41. The summed E-state index contributed by atoms with van der Waals surface area (Å²) < 4.78 is 0.717. The number of nitro groups is 1. The minimum absolute atomic E-state index is 0.198. The predicted molar refractivity (Wildman–Crippen MR) is 85.7 cm³/mol. The molecule has 5 heteroatoms. The molecule has 0 unspecified atom stereocenters. The number of halogens is 1. The molecule has 0 aromatic heterocycles. The van der Waals surface area contributed by atoms with E-state index in [4.69, 9.17) is 0 Å². The van der Waals surface area contributed by atoms with E-state index in [1.54, 1.807) is 6.07 Å². The molecule has 104 valence electrons. The highest BCUT2D eigenvalue weighted by Gasteiger charge is 2.21. The van der Waals surface area contributed by atoms with E-state index in [9.17, 15) is 10.1 Å². The van der Waals surface area contributed by atoms with Gasteiger partial charge in [0.25, 0.3) is 5.69 Å². The van der Waals surface area contributed by atoms with Crippen LogP contribution in [0.5, 0.6) is 0 Å². The molecule has 1 saturated carbocycles. The molecule has 1 aromatic carbocycles. The van der Waals surface area contributed by atoms with E-state index in [0.29, 0.717) is 9.61 Å². The fourth-order valence-electron chi connectivity index (χ4n) is 2.87. The Labute approximate surface area is 127 Å². The largest absolute Gasteiger partial charge is 0.369 e. The van der Waals surface area contributed by atoms with E-state index in [1.807, 2.05) is 12.1 Å². The molecule has 0 spiro atoms. The Morgan fingerprint density at radius 1 is 1.37 bits per heavy atom. The molecule has 4 nitrogen and oxygen atoms in total. The van der Waals surface area contributed by atoms with Gasteiger partial charge in [-0.1, -0.05) is 19.3 Å². The highest BCUT2D eigenvalue weighted by atomic mass is 127. The molecule has 19 heavy (non-hydrogen) atoms. The Hall–Kier alpha value is -0.850. The summed E-state index contributed by atoms with van der Waals surface area (Å²) in [5.74, 6) is 0. The third-order valence-electron chi connectivity index (χ3n) is 3.82. The van der Waals surface area contributed by atoms with Crippen molar-refractivity contribution in [2.45, 2.75) is 45.1 Å². The van der Waals surface area contributed by atoms with E-state index in [0.717, 1.165) is 12.2 Å². The number of nitrogens with zero attached hydrogens (tertiary/aromatic N) is 2. The van der Waals surface area contributed by atoms with Gasteiger partial charge in [-0.25, -0.2) is 0 Å². The van der Waals surface area contributed by atoms with Gasteiger partial charge >= 0.3 is 0 Å². The fraction of sp³-hybridized carbons (Fsp3) is 0.571. The SMILES string of the molecule is CCN(c1ccc([N+](=O)[O-])c(I)c1)C1CCCCC1. The minimum atomic E-state index is -0.317. The third-order valence-corrected chi connectivity index (χ3v) is 4.68. The Morgan fingerprint density at radius 2 is 2.05 bits per heavy atom. The van der Waals surface area contributed by atoms with Gasteiger partial charge in [-0.15, -0.1) is 0 Å². The predicted octanol–water partition coefficient (Wildman–Crippen LogP) is 4.36. The smallest absolute Gasteiger partial charge is 0.282 e. The van der Waals surface area contributed by atoms with E-state index < -0.39 is 0 Å². The molecule has 2 rings (SSSR count). The maximum Gasteiger partial charge on any atom is 0.282 e. The van der Waals surface area contributed by atoms with Crippen LogP contribution in [0.1, 0.15) is 39.0 Å². The lowest BCUT2D eigenvalue weighted by Gasteiger charge is -2.35. The van der Waals surface area contributed by atoms with Crippen molar-refractivity contribution in [2.75, 3.05) is 11.4 Å². The monoisotopic (exact) mass is 374 g/mol. The quantitative estimate of drug-likeness (QED) is 0.447. The average Bonchev–Trinajstić information content (AvgIpc) is 2.40. The fourth-order valence-corrected chi connectivity index (χ4v) is 3.56. The molecule has 1 aromatic rings. The summed E-state index contributed by atoms with van der Waals surface area (Å²) in [6.45, 7) is 3.11. The Balaban J connectivity index is 2.23. The van der Waals surface area contributed by atoms with Crippen LogP contribution in [0, 0.1) is 13.7 Å². The van der Waals surface area contributed by atoms with Gasteiger partial charge in [-0.2, -0.15) is 0 Å². The number of hydrogen-bond acceptors (Lipinski definition) is 3. The number of anilines is 1. The molecular weight excluding hydrogens is 355 g/mol. The molecule has 0 bridgehead atoms.